The third-order valence-corrected chi connectivity index (χ3v) is 4.33. The van der Waals surface area contributed by atoms with E-state index in [0.717, 1.165) is 18.4 Å². The molecule has 1 aromatic rings. The molecule has 124 valence electrons. The predicted octanol–water partition coefficient (Wildman–Crippen LogP) is 2.72. The zero-order valence-electron chi connectivity index (χ0n) is 14.2. The minimum absolute atomic E-state index is 0.0594. The van der Waals surface area contributed by atoms with Crippen LogP contribution in [-0.4, -0.2) is 29.8 Å². The van der Waals surface area contributed by atoms with Crippen molar-refractivity contribution >= 4 is 17.9 Å². The molecule has 2 amide bonds. The lowest BCUT2D eigenvalue weighted by Gasteiger charge is -2.30. The molecular weight excluding hydrogens is 288 g/mol. The van der Waals surface area contributed by atoms with E-state index in [-0.39, 0.29) is 23.1 Å². The Morgan fingerprint density at radius 2 is 1.87 bits per heavy atom. The van der Waals surface area contributed by atoms with Gasteiger partial charge in [0.1, 0.15) is 0 Å². The summed E-state index contributed by atoms with van der Waals surface area (Å²) in [6, 6.07) is 8.22. The van der Waals surface area contributed by atoms with Gasteiger partial charge in [-0.15, -0.1) is 0 Å². The van der Waals surface area contributed by atoms with E-state index in [1.165, 1.54) is 5.56 Å². The number of carbonyl (C=O) groups excluding carboxylic acids is 2. The van der Waals surface area contributed by atoms with Gasteiger partial charge < -0.3 is 10.6 Å². The van der Waals surface area contributed by atoms with E-state index >= 15 is 0 Å². The maximum atomic E-state index is 12.3. The Kier molecular flexibility index (Phi) is 5.24. The number of amides is 2. The SMILES string of the molecule is CC(C)(C)c1ccc(/C=C/C(=O)N2CCCC(C(N)=O)C2)cc1. The fourth-order valence-corrected chi connectivity index (χ4v) is 2.78. The second kappa shape index (κ2) is 6.99. The number of primary amides is 1. The lowest BCUT2D eigenvalue weighted by Crippen LogP contribution is -2.43. The maximum absolute atomic E-state index is 12.3. The Labute approximate surface area is 138 Å². The lowest BCUT2D eigenvalue weighted by atomic mass is 9.87. The second-order valence-corrected chi connectivity index (χ2v) is 7.23. The van der Waals surface area contributed by atoms with Gasteiger partial charge in [0.2, 0.25) is 11.8 Å². The summed E-state index contributed by atoms with van der Waals surface area (Å²) in [6.45, 7) is 7.64. The Morgan fingerprint density at radius 3 is 2.43 bits per heavy atom. The Morgan fingerprint density at radius 1 is 1.22 bits per heavy atom. The van der Waals surface area contributed by atoms with Crippen LogP contribution < -0.4 is 5.73 Å². The summed E-state index contributed by atoms with van der Waals surface area (Å²) in [4.78, 5) is 25.2. The van der Waals surface area contributed by atoms with E-state index < -0.39 is 0 Å². The molecule has 2 rings (SSSR count). The average molecular weight is 314 g/mol. The summed E-state index contributed by atoms with van der Waals surface area (Å²) >= 11 is 0. The van der Waals surface area contributed by atoms with E-state index in [2.05, 4.69) is 32.9 Å². The van der Waals surface area contributed by atoms with Crippen LogP contribution in [0.2, 0.25) is 0 Å². The highest BCUT2D eigenvalue weighted by Crippen LogP contribution is 2.22. The molecule has 1 saturated heterocycles. The van der Waals surface area contributed by atoms with Crippen LogP contribution in [-0.2, 0) is 15.0 Å². The van der Waals surface area contributed by atoms with Crippen LogP contribution >= 0.6 is 0 Å². The summed E-state index contributed by atoms with van der Waals surface area (Å²) in [6.07, 6.45) is 5.00. The van der Waals surface area contributed by atoms with Crippen LogP contribution in [0.25, 0.3) is 6.08 Å². The summed E-state index contributed by atoms with van der Waals surface area (Å²) in [5.41, 5.74) is 7.73. The van der Waals surface area contributed by atoms with Crippen molar-refractivity contribution in [2.45, 2.75) is 39.0 Å². The van der Waals surface area contributed by atoms with Gasteiger partial charge >= 0.3 is 0 Å². The fraction of sp³-hybridized carbons (Fsp3) is 0.474. The largest absolute Gasteiger partial charge is 0.369 e. The lowest BCUT2D eigenvalue weighted by molar-refractivity contribution is -0.130. The number of carbonyl (C=O) groups is 2. The molecule has 0 bridgehead atoms. The highest BCUT2D eigenvalue weighted by atomic mass is 16.2. The van der Waals surface area contributed by atoms with Gasteiger partial charge in [-0.1, -0.05) is 45.0 Å². The minimum atomic E-state index is -0.316. The first-order valence-electron chi connectivity index (χ1n) is 8.14. The number of hydrogen-bond donors (Lipinski definition) is 1. The average Bonchev–Trinajstić information content (AvgIpc) is 2.52. The first-order valence-corrected chi connectivity index (χ1v) is 8.14. The molecule has 4 heteroatoms. The standard InChI is InChI=1S/C19H26N2O2/c1-19(2,3)16-9-6-14(7-10-16)8-11-17(22)21-12-4-5-15(13-21)18(20)23/h6-11,15H,4-5,12-13H2,1-3H3,(H2,20,23)/b11-8+. The normalized spacial score (nSPS) is 19.1. The summed E-state index contributed by atoms with van der Waals surface area (Å²) in [5.74, 6) is -0.590. The van der Waals surface area contributed by atoms with E-state index in [4.69, 9.17) is 5.73 Å². The highest BCUT2D eigenvalue weighted by Gasteiger charge is 2.25. The molecule has 2 N–H and O–H groups in total. The zero-order valence-corrected chi connectivity index (χ0v) is 14.2. The maximum Gasteiger partial charge on any atom is 0.246 e. The summed E-state index contributed by atoms with van der Waals surface area (Å²) < 4.78 is 0. The fourth-order valence-electron chi connectivity index (χ4n) is 2.78. The third kappa shape index (κ3) is 4.68. The smallest absolute Gasteiger partial charge is 0.246 e. The molecule has 0 aromatic heterocycles. The summed E-state index contributed by atoms with van der Waals surface area (Å²) in [5, 5.41) is 0. The van der Waals surface area contributed by atoms with Gasteiger partial charge in [-0.2, -0.15) is 0 Å². The van der Waals surface area contributed by atoms with Crippen LogP contribution in [0.1, 0.15) is 44.7 Å². The van der Waals surface area contributed by atoms with Crippen LogP contribution in [0.3, 0.4) is 0 Å². The van der Waals surface area contributed by atoms with Crippen LogP contribution in [0.15, 0.2) is 30.3 Å². The molecular formula is C19H26N2O2. The number of nitrogens with zero attached hydrogens (tertiary/aromatic N) is 1. The zero-order chi connectivity index (χ0) is 17.0. The van der Waals surface area contributed by atoms with Crippen molar-refractivity contribution < 1.29 is 9.59 Å². The minimum Gasteiger partial charge on any atom is -0.369 e. The number of rotatable bonds is 3. The van der Waals surface area contributed by atoms with E-state index in [9.17, 15) is 9.59 Å². The Bertz CT molecular complexity index is 597. The number of benzene rings is 1. The van der Waals surface area contributed by atoms with Crippen molar-refractivity contribution in [1.82, 2.24) is 4.90 Å². The monoisotopic (exact) mass is 314 g/mol. The molecule has 4 nitrogen and oxygen atoms in total. The molecule has 0 saturated carbocycles. The van der Waals surface area contributed by atoms with Crippen LogP contribution in [0, 0.1) is 5.92 Å². The molecule has 1 atom stereocenters. The topological polar surface area (TPSA) is 63.4 Å². The van der Waals surface area contributed by atoms with Crippen molar-refractivity contribution in [3.8, 4) is 0 Å². The molecule has 1 aliphatic heterocycles. The molecule has 23 heavy (non-hydrogen) atoms. The van der Waals surface area contributed by atoms with Gasteiger partial charge in [0.25, 0.3) is 0 Å². The molecule has 1 aromatic carbocycles. The number of hydrogen-bond acceptors (Lipinski definition) is 2. The van der Waals surface area contributed by atoms with Crippen LogP contribution in [0.5, 0.6) is 0 Å². The van der Waals surface area contributed by atoms with Crippen LogP contribution in [0.4, 0.5) is 0 Å². The van der Waals surface area contributed by atoms with Crippen molar-refractivity contribution in [3.05, 3.63) is 41.5 Å². The van der Waals surface area contributed by atoms with Crippen molar-refractivity contribution in [1.29, 1.82) is 0 Å². The molecule has 0 radical (unpaired) electrons. The number of nitrogens with two attached hydrogens (primary N) is 1. The number of likely N-dealkylation sites (tertiary alicyclic amines) is 1. The number of piperidine rings is 1. The molecule has 1 heterocycles. The van der Waals surface area contributed by atoms with Crippen molar-refractivity contribution in [2.24, 2.45) is 11.7 Å². The Balaban J connectivity index is 1.99. The third-order valence-electron chi connectivity index (χ3n) is 4.33. The molecule has 1 unspecified atom stereocenters. The van der Waals surface area contributed by atoms with Gasteiger partial charge in [-0.3, -0.25) is 9.59 Å². The summed E-state index contributed by atoms with van der Waals surface area (Å²) in [7, 11) is 0. The predicted molar refractivity (Wildman–Crippen MR) is 92.7 cm³/mol. The quantitative estimate of drug-likeness (QED) is 0.872. The molecule has 0 aliphatic carbocycles. The van der Waals surface area contributed by atoms with Crippen molar-refractivity contribution in [3.63, 3.8) is 0 Å². The van der Waals surface area contributed by atoms with Gasteiger partial charge in [0.05, 0.1) is 5.92 Å². The first-order chi connectivity index (χ1) is 10.8. The molecule has 1 fully saturated rings. The second-order valence-electron chi connectivity index (χ2n) is 7.23. The molecule has 1 aliphatic rings. The molecule has 0 spiro atoms. The van der Waals surface area contributed by atoms with E-state index in [1.54, 1.807) is 11.0 Å². The van der Waals surface area contributed by atoms with E-state index in [1.807, 2.05) is 18.2 Å². The van der Waals surface area contributed by atoms with Gasteiger partial charge in [-0.25, -0.2) is 0 Å². The van der Waals surface area contributed by atoms with Gasteiger partial charge in [-0.05, 0) is 35.5 Å². The Hall–Kier alpha value is -2.10. The van der Waals surface area contributed by atoms with E-state index in [0.29, 0.717) is 13.1 Å². The van der Waals surface area contributed by atoms with Gasteiger partial charge in [0, 0.05) is 19.2 Å². The highest BCUT2D eigenvalue weighted by molar-refractivity contribution is 5.92. The van der Waals surface area contributed by atoms with Gasteiger partial charge in [0.15, 0.2) is 0 Å². The van der Waals surface area contributed by atoms with Crippen molar-refractivity contribution in [2.75, 3.05) is 13.1 Å². The first kappa shape index (κ1) is 17.3.